The van der Waals surface area contributed by atoms with Gasteiger partial charge in [0.1, 0.15) is 0 Å². The maximum Gasteiger partial charge on any atom is 0.339 e. The fourth-order valence-corrected chi connectivity index (χ4v) is 3.40. The highest BCUT2D eigenvalue weighted by atomic mass is 35.5. The second-order valence-corrected chi connectivity index (χ2v) is 6.76. The minimum atomic E-state index is -0.548. The predicted octanol–water partition coefficient (Wildman–Crippen LogP) is 5.38. The van der Waals surface area contributed by atoms with Crippen molar-refractivity contribution in [3.8, 4) is 16.9 Å². The van der Waals surface area contributed by atoms with Gasteiger partial charge in [-0.15, -0.1) is 0 Å². The van der Waals surface area contributed by atoms with Crippen molar-refractivity contribution >= 4 is 40.8 Å². The van der Waals surface area contributed by atoms with Crippen LogP contribution >= 0.6 is 34.8 Å². The highest BCUT2D eigenvalue weighted by Gasteiger charge is 2.23. The zero-order chi connectivity index (χ0) is 18.8. The lowest BCUT2D eigenvalue weighted by Crippen LogP contribution is -2.08. The number of hydrogen-bond donors (Lipinski definition) is 1. The molecule has 3 aromatic rings. The van der Waals surface area contributed by atoms with Gasteiger partial charge in [0.25, 0.3) is 0 Å². The molecular weight excluding hydrogens is 397 g/mol. The molecule has 134 valence electrons. The van der Waals surface area contributed by atoms with Crippen LogP contribution in [-0.2, 0) is 11.3 Å². The van der Waals surface area contributed by atoms with Crippen molar-refractivity contribution in [2.45, 2.75) is 6.61 Å². The molecule has 1 N–H and O–H groups in total. The molecule has 0 amide bonds. The zero-order valence-corrected chi connectivity index (χ0v) is 15.9. The van der Waals surface area contributed by atoms with Gasteiger partial charge in [0.2, 0.25) is 0 Å². The van der Waals surface area contributed by atoms with Gasteiger partial charge in [0, 0.05) is 21.3 Å². The summed E-state index contributed by atoms with van der Waals surface area (Å²) in [4.78, 5) is 12.2. The quantitative estimate of drug-likeness (QED) is 0.587. The van der Waals surface area contributed by atoms with Gasteiger partial charge in [-0.3, -0.25) is 0 Å². The van der Waals surface area contributed by atoms with Crippen LogP contribution in [0.5, 0.6) is 0 Å². The van der Waals surface area contributed by atoms with E-state index in [2.05, 4.69) is 0 Å². The number of aliphatic hydroxyl groups excluding tert-OH is 1. The third kappa shape index (κ3) is 3.46. The van der Waals surface area contributed by atoms with E-state index in [0.717, 1.165) is 5.69 Å². The van der Waals surface area contributed by atoms with Gasteiger partial charge in [-0.1, -0.05) is 34.8 Å². The van der Waals surface area contributed by atoms with E-state index in [1.54, 1.807) is 53.1 Å². The summed E-state index contributed by atoms with van der Waals surface area (Å²) >= 11 is 18.3. The Labute approximate surface area is 165 Å². The minimum absolute atomic E-state index is 0.256. The number of carbonyl (C=O) groups excluding carboxylic acids is 1. The van der Waals surface area contributed by atoms with Crippen LogP contribution in [-0.4, -0.2) is 22.8 Å². The van der Waals surface area contributed by atoms with E-state index in [1.807, 2.05) is 0 Å². The second-order valence-electron chi connectivity index (χ2n) is 5.48. The van der Waals surface area contributed by atoms with Gasteiger partial charge in [-0.2, -0.15) is 0 Å². The first-order valence-corrected chi connectivity index (χ1v) is 8.74. The van der Waals surface area contributed by atoms with E-state index < -0.39 is 5.97 Å². The number of halogens is 3. The molecule has 0 saturated heterocycles. The van der Waals surface area contributed by atoms with Crippen molar-refractivity contribution in [2.24, 2.45) is 0 Å². The molecule has 26 heavy (non-hydrogen) atoms. The van der Waals surface area contributed by atoms with E-state index in [9.17, 15) is 9.90 Å². The van der Waals surface area contributed by atoms with E-state index in [1.165, 1.54) is 7.11 Å². The van der Waals surface area contributed by atoms with Gasteiger partial charge in [-0.25, -0.2) is 4.79 Å². The number of rotatable bonds is 4. The molecule has 0 aliphatic rings. The lowest BCUT2D eigenvalue weighted by atomic mass is 10.1. The summed E-state index contributed by atoms with van der Waals surface area (Å²) in [5, 5.41) is 11.4. The summed E-state index contributed by atoms with van der Waals surface area (Å²) in [6.07, 6.45) is 0. The van der Waals surface area contributed by atoms with Crippen LogP contribution in [0.25, 0.3) is 16.9 Å². The Hall–Kier alpha value is -1.98. The summed E-state index contributed by atoms with van der Waals surface area (Å²) < 4.78 is 6.60. The molecule has 0 radical (unpaired) electrons. The molecule has 4 nitrogen and oxygen atoms in total. The number of hydrogen-bond acceptors (Lipinski definition) is 3. The number of esters is 1. The average molecular weight is 411 g/mol. The number of methoxy groups -OCH3 is 1. The molecule has 0 fully saturated rings. The summed E-state index contributed by atoms with van der Waals surface area (Å²) in [5.74, 6) is -0.548. The van der Waals surface area contributed by atoms with Crippen molar-refractivity contribution in [3.63, 3.8) is 0 Å². The maximum atomic E-state index is 12.2. The fourth-order valence-electron chi connectivity index (χ4n) is 2.77. The van der Waals surface area contributed by atoms with Gasteiger partial charge >= 0.3 is 5.97 Å². The molecule has 2 aromatic carbocycles. The summed E-state index contributed by atoms with van der Waals surface area (Å²) in [5.41, 5.74) is 2.65. The average Bonchev–Trinajstić information content (AvgIpc) is 3.01. The number of nitrogens with zero attached hydrogens (tertiary/aromatic N) is 1. The Morgan fingerprint density at radius 2 is 1.69 bits per heavy atom. The number of carbonyl (C=O) groups is 1. The molecule has 1 heterocycles. The Balaban J connectivity index is 2.33. The van der Waals surface area contributed by atoms with Crippen LogP contribution in [0.15, 0.2) is 48.5 Å². The van der Waals surface area contributed by atoms with Crippen molar-refractivity contribution in [2.75, 3.05) is 7.11 Å². The van der Waals surface area contributed by atoms with Crippen LogP contribution in [0.3, 0.4) is 0 Å². The third-order valence-corrected chi connectivity index (χ3v) is 4.75. The topological polar surface area (TPSA) is 51.5 Å². The lowest BCUT2D eigenvalue weighted by molar-refractivity contribution is 0.0597. The van der Waals surface area contributed by atoms with Crippen LogP contribution < -0.4 is 0 Å². The molecule has 0 saturated carbocycles. The van der Waals surface area contributed by atoms with Crippen molar-refractivity contribution < 1.29 is 14.6 Å². The van der Waals surface area contributed by atoms with Crippen molar-refractivity contribution in [3.05, 3.63) is 74.9 Å². The highest BCUT2D eigenvalue weighted by molar-refractivity contribution is 6.36. The first kappa shape index (κ1) is 18.8. The van der Waals surface area contributed by atoms with E-state index in [0.29, 0.717) is 32.0 Å². The Morgan fingerprint density at radius 3 is 2.27 bits per heavy atom. The van der Waals surface area contributed by atoms with Crippen LogP contribution in [0.1, 0.15) is 16.1 Å². The van der Waals surface area contributed by atoms with Gasteiger partial charge in [-0.05, 0) is 48.5 Å². The van der Waals surface area contributed by atoms with Gasteiger partial charge in [0.05, 0.1) is 35.7 Å². The standard InChI is InChI=1S/C19H14Cl3NO3/c1-26-19(25)15-9-17(14-7-4-12(21)8-16(14)22)23(18(15)10-24)13-5-2-11(20)3-6-13/h2-9,24H,10H2,1H3. The number of benzene rings is 2. The smallest absolute Gasteiger partial charge is 0.339 e. The van der Waals surface area contributed by atoms with Crippen molar-refractivity contribution in [1.82, 2.24) is 4.57 Å². The lowest BCUT2D eigenvalue weighted by Gasteiger charge is -2.14. The number of aromatic nitrogens is 1. The highest BCUT2D eigenvalue weighted by Crippen LogP contribution is 2.36. The molecule has 7 heteroatoms. The molecule has 0 spiro atoms. The van der Waals surface area contributed by atoms with E-state index >= 15 is 0 Å². The molecule has 0 unspecified atom stereocenters. The molecule has 0 bridgehead atoms. The predicted molar refractivity (Wildman–Crippen MR) is 103 cm³/mol. The largest absolute Gasteiger partial charge is 0.465 e. The zero-order valence-electron chi connectivity index (χ0n) is 13.7. The first-order valence-electron chi connectivity index (χ1n) is 7.61. The SMILES string of the molecule is COC(=O)c1cc(-c2ccc(Cl)cc2Cl)n(-c2ccc(Cl)cc2)c1CO. The van der Waals surface area contributed by atoms with Crippen LogP contribution in [0.2, 0.25) is 15.1 Å². The molecule has 3 rings (SSSR count). The summed E-state index contributed by atoms with van der Waals surface area (Å²) in [7, 11) is 1.29. The molecule has 0 aliphatic carbocycles. The number of aliphatic hydroxyl groups is 1. The number of ether oxygens (including phenoxy) is 1. The molecule has 0 atom stereocenters. The summed E-state index contributed by atoms with van der Waals surface area (Å²) in [6, 6.07) is 13.8. The Bertz CT molecular complexity index is 965. The monoisotopic (exact) mass is 409 g/mol. The molecular formula is C19H14Cl3NO3. The van der Waals surface area contributed by atoms with E-state index in [4.69, 9.17) is 39.5 Å². The Kier molecular flexibility index (Phi) is 5.58. The van der Waals surface area contributed by atoms with Crippen LogP contribution in [0.4, 0.5) is 0 Å². The molecule has 1 aromatic heterocycles. The van der Waals surface area contributed by atoms with Crippen LogP contribution in [0, 0.1) is 0 Å². The minimum Gasteiger partial charge on any atom is -0.465 e. The fraction of sp³-hybridized carbons (Fsp3) is 0.105. The van der Waals surface area contributed by atoms with Crippen molar-refractivity contribution in [1.29, 1.82) is 0 Å². The maximum absolute atomic E-state index is 12.2. The van der Waals surface area contributed by atoms with Gasteiger partial charge < -0.3 is 14.4 Å². The normalized spacial score (nSPS) is 10.8. The second kappa shape index (κ2) is 7.72. The Morgan fingerprint density at radius 1 is 1.04 bits per heavy atom. The third-order valence-electron chi connectivity index (χ3n) is 3.95. The van der Waals surface area contributed by atoms with E-state index in [-0.39, 0.29) is 12.2 Å². The molecule has 0 aliphatic heterocycles. The summed E-state index contributed by atoms with van der Waals surface area (Å²) in [6.45, 7) is -0.363. The van der Waals surface area contributed by atoms with Gasteiger partial charge in [0.15, 0.2) is 0 Å². The first-order chi connectivity index (χ1) is 12.5.